The molecule has 0 spiro atoms. The lowest BCUT2D eigenvalue weighted by molar-refractivity contribution is -0.137. The van der Waals surface area contributed by atoms with Gasteiger partial charge in [0.2, 0.25) is 0 Å². The van der Waals surface area contributed by atoms with Crippen molar-refractivity contribution in [1.29, 1.82) is 0 Å². The van der Waals surface area contributed by atoms with E-state index in [1.807, 2.05) is 48.5 Å². The first-order chi connectivity index (χ1) is 18.0. The van der Waals surface area contributed by atoms with Crippen molar-refractivity contribution in [2.24, 2.45) is 0 Å². The number of hydrogen-bond donors (Lipinski definition) is 2. The van der Waals surface area contributed by atoms with Crippen molar-refractivity contribution in [3.05, 3.63) is 124 Å². The van der Waals surface area contributed by atoms with Crippen LogP contribution >= 0.6 is 15.9 Å². The van der Waals surface area contributed by atoms with E-state index in [1.165, 1.54) is 0 Å². The van der Waals surface area contributed by atoms with Gasteiger partial charge in [-0.1, -0.05) is 66.7 Å². The maximum Gasteiger partial charge on any atom is 0.326 e. The summed E-state index contributed by atoms with van der Waals surface area (Å²) in [6, 6.07) is 28.0. The van der Waals surface area contributed by atoms with Gasteiger partial charge < -0.3 is 19.9 Å². The van der Waals surface area contributed by atoms with Crippen LogP contribution in [-0.4, -0.2) is 30.0 Å². The molecule has 4 aromatic rings. The molecule has 0 heterocycles. The Morgan fingerprint density at radius 3 is 2.30 bits per heavy atom. The van der Waals surface area contributed by atoms with E-state index in [0.29, 0.717) is 29.2 Å². The zero-order valence-corrected chi connectivity index (χ0v) is 21.8. The quantitative estimate of drug-likeness (QED) is 0.207. The molecule has 188 valence electrons. The molecule has 0 saturated heterocycles. The van der Waals surface area contributed by atoms with Gasteiger partial charge in [0, 0.05) is 28.8 Å². The number of halogens is 1. The average Bonchev–Trinajstić information content (AvgIpc) is 2.92. The number of benzene rings is 4. The summed E-state index contributed by atoms with van der Waals surface area (Å²) in [6.45, 7) is 0.327. The third kappa shape index (κ3) is 6.57. The van der Waals surface area contributed by atoms with Crippen molar-refractivity contribution in [1.82, 2.24) is 0 Å². The highest BCUT2D eigenvalue weighted by atomic mass is 79.9. The number of carboxylic acid groups (broad SMARTS) is 1. The van der Waals surface area contributed by atoms with Gasteiger partial charge in [-0.3, -0.25) is 4.79 Å². The topological polar surface area (TPSA) is 84.9 Å². The van der Waals surface area contributed by atoms with Crippen LogP contribution in [0.15, 0.2) is 102 Å². The minimum atomic E-state index is -1.01. The Balaban J connectivity index is 1.44. The van der Waals surface area contributed by atoms with Gasteiger partial charge in [0.25, 0.3) is 0 Å². The van der Waals surface area contributed by atoms with Gasteiger partial charge in [-0.05, 0) is 51.8 Å². The first-order valence-electron chi connectivity index (χ1n) is 11.7. The summed E-state index contributed by atoms with van der Waals surface area (Å²) in [5, 5.41) is 12.9. The predicted octanol–water partition coefficient (Wildman–Crippen LogP) is 6.38. The lowest BCUT2D eigenvalue weighted by Crippen LogP contribution is -2.32. The lowest BCUT2D eigenvalue weighted by atomic mass is 10.00. The van der Waals surface area contributed by atoms with Crippen molar-refractivity contribution in [3.8, 4) is 11.5 Å². The van der Waals surface area contributed by atoms with Crippen LogP contribution in [-0.2, 0) is 17.8 Å². The van der Waals surface area contributed by atoms with E-state index in [0.717, 1.165) is 21.3 Å². The summed E-state index contributed by atoms with van der Waals surface area (Å²) in [6.07, 6.45) is 0.225. The van der Waals surface area contributed by atoms with Crippen molar-refractivity contribution in [3.63, 3.8) is 0 Å². The first kappa shape index (κ1) is 26.0. The first-order valence-corrected chi connectivity index (χ1v) is 12.5. The molecule has 0 aliphatic carbocycles. The fraction of sp³-hybridized carbons (Fsp3) is 0.133. The van der Waals surface area contributed by atoms with E-state index < -0.39 is 12.0 Å². The number of ether oxygens (including phenoxy) is 2. The number of methoxy groups -OCH3 is 1. The minimum absolute atomic E-state index is 0.170. The third-order valence-corrected chi connectivity index (χ3v) is 6.47. The Labute approximate surface area is 224 Å². The second kappa shape index (κ2) is 12.2. The number of ketones is 1. The Kier molecular flexibility index (Phi) is 8.59. The monoisotopic (exact) mass is 559 g/mol. The normalized spacial score (nSPS) is 11.4. The molecule has 0 aliphatic rings. The Morgan fingerprint density at radius 2 is 1.59 bits per heavy atom. The molecular weight excluding hydrogens is 534 g/mol. The molecular formula is C30H26BrNO5. The number of hydrogen-bond acceptors (Lipinski definition) is 5. The minimum Gasteiger partial charge on any atom is -0.495 e. The van der Waals surface area contributed by atoms with E-state index >= 15 is 0 Å². The SMILES string of the molecule is COc1c(Br)cccc1COc1ccc(C[C@H](Nc2ccccc2C(=O)c2ccccc2)C(=O)O)cc1. The highest BCUT2D eigenvalue weighted by Crippen LogP contribution is 2.29. The fourth-order valence-electron chi connectivity index (χ4n) is 3.95. The van der Waals surface area contributed by atoms with Crippen molar-refractivity contribution in [2.75, 3.05) is 12.4 Å². The molecule has 0 unspecified atom stereocenters. The van der Waals surface area contributed by atoms with Crippen LogP contribution in [0.1, 0.15) is 27.0 Å². The molecule has 0 amide bonds. The number of anilines is 1. The molecule has 0 radical (unpaired) electrons. The number of carbonyl (C=O) groups excluding carboxylic acids is 1. The number of carbonyl (C=O) groups is 2. The summed E-state index contributed by atoms with van der Waals surface area (Å²) < 4.78 is 12.2. The van der Waals surface area contributed by atoms with Crippen LogP contribution in [0.25, 0.3) is 0 Å². The standard InChI is InChI=1S/C30H26BrNO5/c1-36-29-22(10-7-12-25(29)31)19-37-23-16-14-20(15-17-23)18-27(30(34)35)32-26-13-6-5-11-24(26)28(33)21-8-3-2-4-9-21/h2-17,27,32H,18-19H2,1H3,(H,34,35)/t27-/m0/s1. The van der Waals surface area contributed by atoms with Crippen molar-refractivity contribution >= 4 is 33.4 Å². The maximum absolute atomic E-state index is 13.0. The number of aliphatic carboxylic acids is 1. The van der Waals surface area contributed by atoms with Crippen molar-refractivity contribution < 1.29 is 24.2 Å². The molecule has 4 aromatic carbocycles. The van der Waals surface area contributed by atoms with Crippen LogP contribution in [0.4, 0.5) is 5.69 Å². The largest absolute Gasteiger partial charge is 0.495 e. The number of rotatable bonds is 11. The molecule has 6 nitrogen and oxygen atoms in total. The van der Waals surface area contributed by atoms with Gasteiger partial charge in [0.15, 0.2) is 5.78 Å². The smallest absolute Gasteiger partial charge is 0.326 e. The molecule has 0 fully saturated rings. The van der Waals surface area contributed by atoms with Gasteiger partial charge in [0.05, 0.1) is 11.6 Å². The fourth-order valence-corrected chi connectivity index (χ4v) is 4.52. The molecule has 37 heavy (non-hydrogen) atoms. The van der Waals surface area contributed by atoms with Gasteiger partial charge in [-0.2, -0.15) is 0 Å². The summed E-state index contributed by atoms with van der Waals surface area (Å²) in [5.41, 5.74) is 3.16. The van der Waals surface area contributed by atoms with Crippen LogP contribution < -0.4 is 14.8 Å². The number of nitrogens with one attached hydrogen (secondary N) is 1. The Hall–Kier alpha value is -4.10. The summed E-state index contributed by atoms with van der Waals surface area (Å²) in [7, 11) is 1.61. The second-order valence-electron chi connectivity index (χ2n) is 8.34. The molecule has 0 bridgehead atoms. The molecule has 4 rings (SSSR count). The van der Waals surface area contributed by atoms with Crippen LogP contribution in [0.2, 0.25) is 0 Å². The summed E-state index contributed by atoms with van der Waals surface area (Å²) in [4.78, 5) is 25.1. The molecule has 0 aliphatic heterocycles. The molecule has 1 atom stereocenters. The van der Waals surface area contributed by atoms with Gasteiger partial charge >= 0.3 is 5.97 Å². The predicted molar refractivity (Wildman–Crippen MR) is 147 cm³/mol. The van der Waals surface area contributed by atoms with Crippen LogP contribution in [0, 0.1) is 0 Å². The highest BCUT2D eigenvalue weighted by Gasteiger charge is 2.21. The van der Waals surface area contributed by atoms with E-state index in [9.17, 15) is 14.7 Å². The number of para-hydroxylation sites is 2. The van der Waals surface area contributed by atoms with Crippen LogP contribution in [0.3, 0.4) is 0 Å². The molecule has 0 aromatic heterocycles. The summed E-state index contributed by atoms with van der Waals surface area (Å²) >= 11 is 3.47. The summed E-state index contributed by atoms with van der Waals surface area (Å²) in [5.74, 6) is 0.199. The maximum atomic E-state index is 13.0. The van der Waals surface area contributed by atoms with Gasteiger partial charge in [-0.25, -0.2) is 4.79 Å². The van der Waals surface area contributed by atoms with E-state index in [1.54, 1.807) is 55.6 Å². The highest BCUT2D eigenvalue weighted by molar-refractivity contribution is 9.10. The van der Waals surface area contributed by atoms with E-state index in [4.69, 9.17) is 9.47 Å². The van der Waals surface area contributed by atoms with E-state index in [-0.39, 0.29) is 12.2 Å². The molecule has 0 saturated carbocycles. The molecule has 7 heteroatoms. The number of carboxylic acids is 1. The zero-order valence-electron chi connectivity index (χ0n) is 20.2. The lowest BCUT2D eigenvalue weighted by Gasteiger charge is -2.18. The van der Waals surface area contributed by atoms with Gasteiger partial charge in [-0.15, -0.1) is 0 Å². The second-order valence-corrected chi connectivity index (χ2v) is 9.20. The van der Waals surface area contributed by atoms with Crippen LogP contribution in [0.5, 0.6) is 11.5 Å². The Morgan fingerprint density at radius 1 is 0.892 bits per heavy atom. The van der Waals surface area contributed by atoms with Crippen molar-refractivity contribution in [2.45, 2.75) is 19.1 Å². The zero-order chi connectivity index (χ0) is 26.2. The average molecular weight is 560 g/mol. The third-order valence-electron chi connectivity index (χ3n) is 5.85. The van der Waals surface area contributed by atoms with E-state index in [2.05, 4.69) is 21.2 Å². The van der Waals surface area contributed by atoms with Gasteiger partial charge in [0.1, 0.15) is 24.1 Å². The molecule has 2 N–H and O–H groups in total. The Bertz CT molecular complexity index is 1370.